The second-order valence-corrected chi connectivity index (χ2v) is 4.95. The van der Waals surface area contributed by atoms with E-state index in [0.717, 1.165) is 10.6 Å². The lowest BCUT2D eigenvalue weighted by Gasteiger charge is -2.14. The van der Waals surface area contributed by atoms with Gasteiger partial charge in [0, 0.05) is 17.6 Å². The summed E-state index contributed by atoms with van der Waals surface area (Å²) < 4.78 is 5.46. The Bertz CT molecular complexity index is 954. The Balaban J connectivity index is 0.00000109. The highest BCUT2D eigenvalue weighted by Crippen LogP contribution is 2.38. The lowest BCUT2D eigenvalue weighted by atomic mass is 10.1. The Morgan fingerprint density at radius 1 is 1.24 bits per heavy atom. The van der Waals surface area contributed by atoms with Crippen LogP contribution in [0.15, 0.2) is 51.0 Å². The number of pyridine rings is 1. The molecule has 0 spiro atoms. The van der Waals surface area contributed by atoms with E-state index in [1.807, 2.05) is 20.8 Å². The summed E-state index contributed by atoms with van der Waals surface area (Å²) in [5, 5.41) is 4.42. The molecule has 2 aromatic heterocycles. The molecule has 3 N–H and O–H groups in total. The summed E-state index contributed by atoms with van der Waals surface area (Å²) in [6.45, 7) is 5.86. The zero-order valence-electron chi connectivity index (χ0n) is 14.1. The maximum atomic E-state index is 11.7. The molecule has 0 aliphatic heterocycles. The number of aryl methyl sites for hydroxylation is 1. The molecule has 1 aromatic carbocycles. The molecule has 3 rings (SSSR count). The summed E-state index contributed by atoms with van der Waals surface area (Å²) in [6.07, 6.45) is 1.31. The van der Waals surface area contributed by atoms with Crippen LogP contribution in [-0.4, -0.2) is 10.9 Å². The van der Waals surface area contributed by atoms with Gasteiger partial charge in [-0.15, -0.1) is 4.91 Å². The number of primary amides is 1. The van der Waals surface area contributed by atoms with Crippen LogP contribution in [0.1, 0.15) is 30.0 Å². The van der Waals surface area contributed by atoms with Crippen molar-refractivity contribution >= 4 is 28.3 Å². The fourth-order valence-corrected chi connectivity index (χ4v) is 2.33. The number of nitrogens with zero attached hydrogens (tertiary/aromatic N) is 2. The molecule has 0 aliphatic carbocycles. The van der Waals surface area contributed by atoms with Gasteiger partial charge in [-0.25, -0.2) is 0 Å². The van der Waals surface area contributed by atoms with Crippen LogP contribution in [0.25, 0.3) is 11.0 Å². The predicted octanol–water partition coefficient (Wildman–Crippen LogP) is 3.37. The minimum absolute atomic E-state index is 0.137. The van der Waals surface area contributed by atoms with Gasteiger partial charge in [-0.3, -0.25) is 9.59 Å². The van der Waals surface area contributed by atoms with Crippen LogP contribution >= 0.6 is 0 Å². The van der Waals surface area contributed by atoms with Gasteiger partial charge in [0.15, 0.2) is 0 Å². The van der Waals surface area contributed by atoms with E-state index in [4.69, 9.17) is 10.2 Å². The van der Waals surface area contributed by atoms with E-state index in [1.165, 1.54) is 18.3 Å². The fraction of sp³-hybridized carbons (Fsp3) is 0.176. The molecule has 0 saturated heterocycles. The number of benzene rings is 1. The molecule has 0 aliphatic rings. The summed E-state index contributed by atoms with van der Waals surface area (Å²) >= 11 is 0. The predicted molar refractivity (Wildman–Crippen MR) is 95.8 cm³/mol. The summed E-state index contributed by atoms with van der Waals surface area (Å²) in [5.41, 5.74) is 6.73. The van der Waals surface area contributed by atoms with Gasteiger partial charge in [0.1, 0.15) is 11.3 Å². The van der Waals surface area contributed by atoms with Crippen molar-refractivity contribution in [1.82, 2.24) is 4.98 Å². The average Bonchev–Trinajstić information content (AvgIpc) is 2.98. The lowest BCUT2D eigenvalue weighted by Crippen LogP contribution is -2.17. The standard InChI is InChI=1S/C15H12N4O4.C2H6/c1-8-2-4-11-10(6-8)13(14(23-11)15(16)21)19(18-22)9-3-5-12(20)17-7-9;1-2/h2-7H,1H3,(H2,16,21)(H,17,20);1-2H3. The smallest absolute Gasteiger partial charge is 0.286 e. The second-order valence-electron chi connectivity index (χ2n) is 4.95. The Labute approximate surface area is 143 Å². The molecular formula is C17H18N4O4. The van der Waals surface area contributed by atoms with Gasteiger partial charge in [0.2, 0.25) is 11.3 Å². The van der Waals surface area contributed by atoms with Crippen molar-refractivity contribution in [3.8, 4) is 0 Å². The second kappa shape index (κ2) is 7.43. The molecule has 3 aromatic rings. The molecule has 130 valence electrons. The van der Waals surface area contributed by atoms with Gasteiger partial charge in [0.25, 0.3) is 5.91 Å². The Hall–Kier alpha value is -3.42. The number of nitrogens with two attached hydrogens (primary N) is 1. The van der Waals surface area contributed by atoms with E-state index >= 15 is 0 Å². The van der Waals surface area contributed by atoms with E-state index < -0.39 is 5.91 Å². The highest BCUT2D eigenvalue weighted by Gasteiger charge is 2.25. The molecule has 0 atom stereocenters. The number of hydrogen-bond donors (Lipinski definition) is 2. The molecule has 8 nitrogen and oxygen atoms in total. The summed E-state index contributed by atoms with van der Waals surface area (Å²) in [6, 6.07) is 7.88. The first-order valence-electron chi connectivity index (χ1n) is 7.66. The van der Waals surface area contributed by atoms with Gasteiger partial charge in [-0.1, -0.05) is 25.5 Å². The van der Waals surface area contributed by atoms with Crippen molar-refractivity contribution in [3.63, 3.8) is 0 Å². The topological polar surface area (TPSA) is 122 Å². The summed E-state index contributed by atoms with van der Waals surface area (Å²) in [7, 11) is 0. The van der Waals surface area contributed by atoms with Crippen LogP contribution in [0.5, 0.6) is 0 Å². The number of hydrogen-bond acceptors (Lipinski definition) is 5. The number of aromatic amines is 1. The van der Waals surface area contributed by atoms with E-state index in [-0.39, 0.29) is 22.7 Å². The zero-order chi connectivity index (χ0) is 18.6. The van der Waals surface area contributed by atoms with Crippen molar-refractivity contribution in [2.75, 3.05) is 5.01 Å². The fourth-order valence-electron chi connectivity index (χ4n) is 2.33. The van der Waals surface area contributed by atoms with Crippen LogP contribution in [-0.2, 0) is 0 Å². The van der Waals surface area contributed by atoms with E-state index in [2.05, 4.69) is 10.3 Å². The first kappa shape index (κ1) is 17.9. The van der Waals surface area contributed by atoms with E-state index in [1.54, 1.807) is 18.2 Å². The summed E-state index contributed by atoms with van der Waals surface area (Å²) in [4.78, 5) is 36.7. The molecule has 0 radical (unpaired) electrons. The number of aromatic nitrogens is 1. The quantitative estimate of drug-likeness (QED) is 0.556. The van der Waals surface area contributed by atoms with Crippen molar-refractivity contribution in [2.45, 2.75) is 20.8 Å². The Morgan fingerprint density at radius 3 is 2.52 bits per heavy atom. The Kier molecular flexibility index (Phi) is 5.33. The largest absolute Gasteiger partial charge is 0.449 e. The maximum absolute atomic E-state index is 11.7. The van der Waals surface area contributed by atoms with Gasteiger partial charge >= 0.3 is 0 Å². The van der Waals surface area contributed by atoms with Crippen LogP contribution in [0, 0.1) is 11.8 Å². The number of furan rings is 1. The van der Waals surface area contributed by atoms with Gasteiger partial charge in [-0.2, -0.15) is 5.01 Å². The molecule has 8 heteroatoms. The molecule has 2 heterocycles. The minimum atomic E-state index is -0.827. The van der Waals surface area contributed by atoms with Crippen LogP contribution in [0.4, 0.5) is 11.4 Å². The lowest BCUT2D eigenvalue weighted by molar-refractivity contribution is 0.0976. The number of H-pyrrole nitrogens is 1. The number of nitrogens with one attached hydrogen (secondary N) is 1. The highest BCUT2D eigenvalue weighted by atomic mass is 16.4. The number of anilines is 2. The van der Waals surface area contributed by atoms with E-state index in [0.29, 0.717) is 11.0 Å². The van der Waals surface area contributed by atoms with Crippen molar-refractivity contribution in [3.05, 3.63) is 63.1 Å². The van der Waals surface area contributed by atoms with Gasteiger partial charge in [0.05, 0.1) is 11.0 Å². The van der Waals surface area contributed by atoms with E-state index in [9.17, 15) is 14.5 Å². The highest BCUT2D eigenvalue weighted by molar-refractivity contribution is 6.07. The molecule has 25 heavy (non-hydrogen) atoms. The first-order chi connectivity index (χ1) is 12.0. The van der Waals surface area contributed by atoms with Crippen molar-refractivity contribution < 1.29 is 9.21 Å². The van der Waals surface area contributed by atoms with Gasteiger partial charge < -0.3 is 15.1 Å². The number of fused-ring (bicyclic) bond motifs is 1. The Morgan fingerprint density at radius 2 is 1.96 bits per heavy atom. The SMILES string of the molecule is CC.Cc1ccc2oc(C(N)=O)c(N(N=O)c3ccc(=O)[nH]c3)c2c1. The van der Waals surface area contributed by atoms with Gasteiger partial charge in [-0.05, 0) is 25.1 Å². The third kappa shape index (κ3) is 3.42. The molecular weight excluding hydrogens is 324 g/mol. The zero-order valence-corrected chi connectivity index (χ0v) is 14.1. The average molecular weight is 342 g/mol. The molecule has 0 bridgehead atoms. The third-order valence-electron chi connectivity index (χ3n) is 3.35. The number of nitroso groups, excluding NO2 is 1. The molecule has 0 fully saturated rings. The number of rotatable bonds is 4. The maximum Gasteiger partial charge on any atom is 0.286 e. The molecule has 1 amide bonds. The first-order valence-corrected chi connectivity index (χ1v) is 7.66. The van der Waals surface area contributed by atoms with Crippen LogP contribution in [0.3, 0.4) is 0 Å². The monoisotopic (exact) mass is 342 g/mol. The van der Waals surface area contributed by atoms with Crippen LogP contribution in [0.2, 0.25) is 0 Å². The third-order valence-corrected chi connectivity index (χ3v) is 3.35. The van der Waals surface area contributed by atoms with Crippen molar-refractivity contribution in [1.29, 1.82) is 0 Å². The molecule has 0 unspecified atom stereocenters. The number of carbonyl (C=O) groups excluding carboxylic acids is 1. The normalized spacial score (nSPS) is 10.0. The minimum Gasteiger partial charge on any atom is -0.449 e. The van der Waals surface area contributed by atoms with Crippen LogP contribution < -0.4 is 16.3 Å². The number of carbonyl (C=O) groups is 1. The summed E-state index contributed by atoms with van der Waals surface area (Å²) in [5.74, 6) is -1.01. The molecule has 0 saturated carbocycles. The number of amides is 1. The van der Waals surface area contributed by atoms with Crippen molar-refractivity contribution in [2.24, 2.45) is 11.0 Å².